The van der Waals surface area contributed by atoms with E-state index < -0.39 is 0 Å². The van der Waals surface area contributed by atoms with Gasteiger partial charge in [0.1, 0.15) is 11.5 Å². The number of rotatable bonds is 6. The number of aromatic hydroxyl groups is 2. The fourth-order valence-electron chi connectivity index (χ4n) is 1.90. The number of phenolic OH excluding ortho intramolecular Hbond substituents is 2. The van der Waals surface area contributed by atoms with Crippen LogP contribution >= 0.6 is 0 Å². The van der Waals surface area contributed by atoms with Crippen molar-refractivity contribution in [1.29, 1.82) is 0 Å². The van der Waals surface area contributed by atoms with Gasteiger partial charge in [-0.3, -0.25) is 4.79 Å². The number of phenols is 2. The Kier molecular flexibility index (Phi) is 6.90. The van der Waals surface area contributed by atoms with E-state index in [-0.39, 0.29) is 17.1 Å². The zero-order valence-electron chi connectivity index (χ0n) is 13.2. The molecule has 0 aliphatic heterocycles. The largest absolute Gasteiger partial charge is 0.507 e. The quantitative estimate of drug-likeness (QED) is 0.350. The summed E-state index contributed by atoms with van der Waals surface area (Å²) in [6.45, 7) is 5.81. The van der Waals surface area contributed by atoms with Crippen LogP contribution < -0.4 is 0 Å². The highest BCUT2D eigenvalue weighted by Gasteiger charge is 2.14. The predicted molar refractivity (Wildman–Crippen MR) is 91.3 cm³/mol. The number of aldehydes is 1. The summed E-state index contributed by atoms with van der Waals surface area (Å²) in [6, 6.07) is 1.50. The third-order valence-corrected chi connectivity index (χ3v) is 3.07. The molecule has 0 aliphatic carbocycles. The molecule has 0 radical (unpaired) electrons. The van der Waals surface area contributed by atoms with Crippen molar-refractivity contribution in [3.05, 3.63) is 64.8 Å². The van der Waals surface area contributed by atoms with Crippen molar-refractivity contribution < 1.29 is 15.0 Å². The van der Waals surface area contributed by atoms with E-state index >= 15 is 0 Å². The molecular formula is C19H22O3. The van der Waals surface area contributed by atoms with Gasteiger partial charge in [0, 0.05) is 11.1 Å². The summed E-state index contributed by atoms with van der Waals surface area (Å²) in [5, 5.41) is 20.3. The molecule has 0 saturated heterocycles. The van der Waals surface area contributed by atoms with Crippen LogP contribution in [-0.2, 0) is 6.42 Å². The summed E-state index contributed by atoms with van der Waals surface area (Å²) in [6.07, 6.45) is 13.6. The van der Waals surface area contributed by atoms with Crippen molar-refractivity contribution in [3.63, 3.8) is 0 Å². The van der Waals surface area contributed by atoms with Crippen LogP contribution in [0, 0.1) is 0 Å². The van der Waals surface area contributed by atoms with Crippen LogP contribution in [0.1, 0.15) is 42.3 Å². The Morgan fingerprint density at radius 1 is 1.09 bits per heavy atom. The van der Waals surface area contributed by atoms with Gasteiger partial charge in [0.05, 0.1) is 5.56 Å². The molecule has 22 heavy (non-hydrogen) atoms. The van der Waals surface area contributed by atoms with Crippen molar-refractivity contribution in [2.45, 2.75) is 27.2 Å². The first-order chi connectivity index (χ1) is 10.5. The second-order valence-electron chi connectivity index (χ2n) is 5.10. The second-order valence-corrected chi connectivity index (χ2v) is 5.10. The molecule has 1 aromatic carbocycles. The molecule has 0 fully saturated rings. The minimum absolute atomic E-state index is 0.0206. The van der Waals surface area contributed by atoms with Gasteiger partial charge in [-0.2, -0.15) is 0 Å². The lowest BCUT2D eigenvalue weighted by Gasteiger charge is -2.10. The normalized spacial score (nSPS) is 11.6. The van der Waals surface area contributed by atoms with Gasteiger partial charge in [0.15, 0.2) is 6.29 Å². The molecule has 0 heterocycles. The summed E-state index contributed by atoms with van der Waals surface area (Å²) < 4.78 is 0. The molecule has 2 N–H and O–H groups in total. The van der Waals surface area contributed by atoms with E-state index in [2.05, 4.69) is 0 Å². The van der Waals surface area contributed by atoms with E-state index in [1.54, 1.807) is 18.2 Å². The predicted octanol–water partition coefficient (Wildman–Crippen LogP) is 4.56. The van der Waals surface area contributed by atoms with Crippen LogP contribution in [0.25, 0.3) is 6.08 Å². The Morgan fingerprint density at radius 2 is 1.77 bits per heavy atom. The van der Waals surface area contributed by atoms with E-state index in [1.165, 1.54) is 6.07 Å². The van der Waals surface area contributed by atoms with Crippen LogP contribution in [-0.4, -0.2) is 16.5 Å². The smallest absolute Gasteiger partial charge is 0.154 e. The molecule has 0 saturated carbocycles. The summed E-state index contributed by atoms with van der Waals surface area (Å²) in [5.41, 5.74) is 2.05. The average molecular weight is 298 g/mol. The second kappa shape index (κ2) is 8.67. The number of carbonyl (C=O) groups is 1. The van der Waals surface area contributed by atoms with E-state index in [0.717, 1.165) is 5.57 Å². The lowest BCUT2D eigenvalue weighted by Crippen LogP contribution is -1.94. The first-order valence-electron chi connectivity index (χ1n) is 7.13. The van der Waals surface area contributed by atoms with Gasteiger partial charge in [-0.05, 0) is 33.3 Å². The monoisotopic (exact) mass is 298 g/mol. The maximum atomic E-state index is 11.3. The topological polar surface area (TPSA) is 57.5 Å². The Morgan fingerprint density at radius 3 is 2.36 bits per heavy atom. The zero-order chi connectivity index (χ0) is 16.5. The third kappa shape index (κ3) is 4.77. The highest BCUT2D eigenvalue weighted by Crippen LogP contribution is 2.33. The minimum atomic E-state index is -0.0811. The molecule has 0 amide bonds. The van der Waals surface area contributed by atoms with Gasteiger partial charge in [-0.1, -0.05) is 48.1 Å². The molecule has 0 unspecified atom stereocenters. The molecule has 0 bridgehead atoms. The Bertz CT molecular complexity index is 643. The van der Waals surface area contributed by atoms with E-state index in [0.29, 0.717) is 23.8 Å². The van der Waals surface area contributed by atoms with Crippen LogP contribution in [0.5, 0.6) is 11.5 Å². The number of carbonyl (C=O) groups excluding carboxylic acids is 1. The molecule has 0 aliphatic rings. The van der Waals surface area contributed by atoms with Crippen LogP contribution in [0.4, 0.5) is 0 Å². The van der Waals surface area contributed by atoms with Crippen molar-refractivity contribution in [1.82, 2.24) is 0 Å². The van der Waals surface area contributed by atoms with Gasteiger partial charge >= 0.3 is 0 Å². The van der Waals surface area contributed by atoms with Gasteiger partial charge in [-0.25, -0.2) is 0 Å². The molecular weight excluding hydrogens is 276 g/mol. The highest BCUT2D eigenvalue weighted by molar-refractivity contribution is 5.88. The van der Waals surface area contributed by atoms with E-state index in [4.69, 9.17) is 0 Å². The molecule has 0 aromatic heterocycles. The fraction of sp³-hybridized carbons (Fsp3) is 0.211. The fourth-order valence-corrected chi connectivity index (χ4v) is 1.90. The number of benzene rings is 1. The van der Waals surface area contributed by atoms with Gasteiger partial charge in [-0.15, -0.1) is 0 Å². The maximum absolute atomic E-state index is 11.3. The number of hydrogen-bond acceptors (Lipinski definition) is 3. The number of hydrogen-bond donors (Lipinski definition) is 2. The lowest BCUT2D eigenvalue weighted by atomic mass is 9.98. The lowest BCUT2D eigenvalue weighted by molar-refractivity contribution is 0.112. The number of allylic oxidation sites excluding steroid dienone is 7. The molecule has 0 atom stereocenters. The maximum Gasteiger partial charge on any atom is 0.154 e. The SMILES string of the molecule is CC=CC=CC=Cc1c(O)cc(CC=C(C)C)c(O)c1C=O. The van der Waals surface area contributed by atoms with Crippen molar-refractivity contribution in [2.75, 3.05) is 0 Å². The summed E-state index contributed by atoms with van der Waals surface area (Å²) in [7, 11) is 0. The van der Waals surface area contributed by atoms with Crippen molar-refractivity contribution in [2.24, 2.45) is 0 Å². The summed E-state index contributed by atoms with van der Waals surface area (Å²) in [5.74, 6) is -0.102. The standard InChI is InChI=1S/C19H22O3/c1-4-5-6-7-8-9-16-17(13-20)19(22)15(12-18(16)21)11-10-14(2)3/h4-10,12-13,21-22H,11H2,1-3H3. The molecule has 0 spiro atoms. The van der Waals surface area contributed by atoms with E-state index in [9.17, 15) is 15.0 Å². The van der Waals surface area contributed by atoms with Crippen LogP contribution in [0.2, 0.25) is 0 Å². The zero-order valence-corrected chi connectivity index (χ0v) is 13.2. The minimum Gasteiger partial charge on any atom is -0.507 e. The average Bonchev–Trinajstić information content (AvgIpc) is 2.48. The molecule has 3 nitrogen and oxygen atoms in total. The molecule has 1 rings (SSSR count). The Balaban J connectivity index is 3.22. The van der Waals surface area contributed by atoms with Gasteiger partial charge < -0.3 is 10.2 Å². The first kappa shape index (κ1) is 17.5. The molecule has 1 aromatic rings. The summed E-state index contributed by atoms with van der Waals surface area (Å²) in [4.78, 5) is 11.3. The Hall–Kier alpha value is -2.55. The molecule has 3 heteroatoms. The molecule has 116 valence electrons. The highest BCUT2D eigenvalue weighted by atomic mass is 16.3. The van der Waals surface area contributed by atoms with Crippen LogP contribution in [0.3, 0.4) is 0 Å². The van der Waals surface area contributed by atoms with Gasteiger partial charge in [0.25, 0.3) is 0 Å². The van der Waals surface area contributed by atoms with Gasteiger partial charge in [0.2, 0.25) is 0 Å². The third-order valence-electron chi connectivity index (χ3n) is 3.07. The Labute approximate surface area is 131 Å². The van der Waals surface area contributed by atoms with Crippen molar-refractivity contribution >= 4 is 12.4 Å². The van der Waals surface area contributed by atoms with Crippen molar-refractivity contribution in [3.8, 4) is 11.5 Å². The van der Waals surface area contributed by atoms with Crippen LogP contribution in [0.15, 0.2) is 48.1 Å². The summed E-state index contributed by atoms with van der Waals surface area (Å²) >= 11 is 0. The van der Waals surface area contributed by atoms with E-state index in [1.807, 2.05) is 45.1 Å². The first-order valence-corrected chi connectivity index (χ1v) is 7.13.